The Hall–Kier alpha value is -2.88. The molecule has 0 radical (unpaired) electrons. The van der Waals surface area contributed by atoms with Crippen LogP contribution in [0, 0.1) is 6.92 Å². The number of aromatic nitrogens is 1. The van der Waals surface area contributed by atoms with Crippen LogP contribution in [0.15, 0.2) is 47.8 Å². The fourth-order valence-electron chi connectivity index (χ4n) is 3.92. The van der Waals surface area contributed by atoms with E-state index in [0.717, 1.165) is 35.0 Å². The van der Waals surface area contributed by atoms with Crippen LogP contribution in [0.5, 0.6) is 5.75 Å². The van der Waals surface area contributed by atoms with Crippen molar-refractivity contribution in [2.45, 2.75) is 46.2 Å². The highest BCUT2D eigenvalue weighted by molar-refractivity contribution is 7.42. The molecule has 0 saturated carbocycles. The molecule has 0 bridgehead atoms. The van der Waals surface area contributed by atoms with Gasteiger partial charge in [0.15, 0.2) is 0 Å². The average molecular weight is 587 g/mol. The number of hydrogen-bond donors (Lipinski definition) is 2. The SMILES string of the molecule is COP(OC)Oc1cc(CNCCCNC(=O)c2cccc(C(=O)N(C)Cc3nc(C)cs3)c2)cc(C(C)C)c1. The smallest absolute Gasteiger partial charge is 0.396 e. The molecule has 2 aromatic carbocycles. The van der Waals surface area contributed by atoms with Gasteiger partial charge in [-0.2, -0.15) is 0 Å². The van der Waals surface area contributed by atoms with E-state index in [1.54, 1.807) is 50.4 Å². The van der Waals surface area contributed by atoms with E-state index in [2.05, 4.69) is 35.5 Å². The van der Waals surface area contributed by atoms with Gasteiger partial charge in [0.2, 0.25) is 0 Å². The summed E-state index contributed by atoms with van der Waals surface area (Å²) in [5.74, 6) is 0.718. The number of carbonyl (C=O) groups is 2. The van der Waals surface area contributed by atoms with Crippen LogP contribution in [-0.2, 0) is 22.1 Å². The highest BCUT2D eigenvalue weighted by Gasteiger charge is 2.16. The molecule has 0 saturated heterocycles. The van der Waals surface area contributed by atoms with Crippen molar-refractivity contribution in [2.75, 3.05) is 34.4 Å². The van der Waals surface area contributed by atoms with Crippen LogP contribution in [0.2, 0.25) is 0 Å². The average Bonchev–Trinajstić information content (AvgIpc) is 3.36. The van der Waals surface area contributed by atoms with Crippen LogP contribution >= 0.6 is 19.9 Å². The van der Waals surface area contributed by atoms with E-state index >= 15 is 0 Å². The van der Waals surface area contributed by atoms with E-state index in [4.69, 9.17) is 13.6 Å². The molecule has 11 heteroatoms. The van der Waals surface area contributed by atoms with Gasteiger partial charge in [0, 0.05) is 56.6 Å². The van der Waals surface area contributed by atoms with Gasteiger partial charge in [-0.1, -0.05) is 26.0 Å². The van der Waals surface area contributed by atoms with E-state index in [9.17, 15) is 9.59 Å². The van der Waals surface area contributed by atoms with Crippen molar-refractivity contribution < 1.29 is 23.2 Å². The molecular weight excluding hydrogens is 547 g/mol. The van der Waals surface area contributed by atoms with Crippen molar-refractivity contribution in [3.8, 4) is 5.75 Å². The summed E-state index contributed by atoms with van der Waals surface area (Å²) in [4.78, 5) is 31.6. The summed E-state index contributed by atoms with van der Waals surface area (Å²) in [6, 6.07) is 13.0. The zero-order valence-corrected chi connectivity index (χ0v) is 25.7. The zero-order valence-electron chi connectivity index (χ0n) is 24.0. The fourth-order valence-corrected chi connectivity index (χ4v) is 5.32. The second-order valence-electron chi connectivity index (χ2n) is 9.66. The Bertz CT molecular complexity index is 1260. The second-order valence-corrected chi connectivity index (χ2v) is 12.0. The first-order valence-electron chi connectivity index (χ1n) is 13.2. The summed E-state index contributed by atoms with van der Waals surface area (Å²) in [7, 11) is 3.43. The molecule has 0 aliphatic rings. The molecule has 1 heterocycles. The van der Waals surface area contributed by atoms with Crippen molar-refractivity contribution >= 4 is 31.8 Å². The van der Waals surface area contributed by atoms with Gasteiger partial charge in [-0.05, 0) is 67.3 Å². The molecule has 0 unspecified atom stereocenters. The monoisotopic (exact) mass is 586 g/mol. The van der Waals surface area contributed by atoms with Crippen LogP contribution in [0.3, 0.4) is 0 Å². The fraction of sp³-hybridized carbons (Fsp3) is 0.414. The van der Waals surface area contributed by atoms with Gasteiger partial charge in [0.25, 0.3) is 11.8 Å². The zero-order chi connectivity index (χ0) is 29.1. The maximum atomic E-state index is 12.9. The van der Waals surface area contributed by atoms with Crippen LogP contribution in [-0.4, -0.2) is 56.1 Å². The lowest BCUT2D eigenvalue weighted by molar-refractivity contribution is 0.0785. The molecule has 1 aromatic heterocycles. The van der Waals surface area contributed by atoms with E-state index in [1.807, 2.05) is 24.4 Å². The molecule has 0 atom stereocenters. The first-order valence-corrected chi connectivity index (χ1v) is 15.1. The molecule has 0 aliphatic carbocycles. The quantitative estimate of drug-likeness (QED) is 0.175. The number of hydrogen-bond acceptors (Lipinski definition) is 8. The number of thiazole rings is 1. The number of amides is 2. The van der Waals surface area contributed by atoms with E-state index in [1.165, 1.54) is 16.9 Å². The minimum atomic E-state index is -1.43. The third-order valence-electron chi connectivity index (χ3n) is 6.04. The van der Waals surface area contributed by atoms with Crippen molar-refractivity contribution in [1.29, 1.82) is 0 Å². The van der Waals surface area contributed by atoms with Crippen molar-refractivity contribution in [2.24, 2.45) is 0 Å². The lowest BCUT2D eigenvalue weighted by atomic mass is 10.0. The largest absolute Gasteiger partial charge is 0.427 e. The summed E-state index contributed by atoms with van der Waals surface area (Å²) in [6.45, 7) is 8.55. The summed E-state index contributed by atoms with van der Waals surface area (Å²) < 4.78 is 16.3. The molecule has 3 aromatic rings. The lowest BCUT2D eigenvalue weighted by Gasteiger charge is -2.16. The summed E-state index contributed by atoms with van der Waals surface area (Å²) in [6.07, 6.45) is 0.756. The summed E-state index contributed by atoms with van der Waals surface area (Å²) >= 11 is 1.53. The second kappa shape index (κ2) is 15.8. The highest BCUT2D eigenvalue weighted by Crippen LogP contribution is 2.39. The number of benzene rings is 2. The molecule has 216 valence electrons. The summed E-state index contributed by atoms with van der Waals surface area (Å²) in [5.41, 5.74) is 4.15. The number of rotatable bonds is 15. The van der Waals surface area contributed by atoms with E-state index in [-0.39, 0.29) is 11.8 Å². The van der Waals surface area contributed by atoms with Crippen LogP contribution in [0.4, 0.5) is 0 Å². The molecule has 0 aliphatic heterocycles. The van der Waals surface area contributed by atoms with Gasteiger partial charge in [-0.25, -0.2) is 4.98 Å². The molecule has 0 spiro atoms. The maximum Gasteiger partial charge on any atom is 0.396 e. The van der Waals surface area contributed by atoms with Gasteiger partial charge in [-0.15, -0.1) is 11.3 Å². The Balaban J connectivity index is 1.45. The first-order chi connectivity index (χ1) is 19.2. The van der Waals surface area contributed by atoms with Gasteiger partial charge < -0.3 is 29.1 Å². The summed E-state index contributed by atoms with van der Waals surface area (Å²) in [5, 5.41) is 9.22. The van der Waals surface area contributed by atoms with Crippen molar-refractivity contribution in [1.82, 2.24) is 20.5 Å². The van der Waals surface area contributed by atoms with Gasteiger partial charge in [0.1, 0.15) is 10.8 Å². The first kappa shape index (κ1) is 31.6. The minimum absolute atomic E-state index is 0.150. The normalized spacial score (nSPS) is 11.2. The Morgan fingerprint density at radius 2 is 1.82 bits per heavy atom. The molecule has 0 fully saturated rings. The van der Waals surface area contributed by atoms with Gasteiger partial charge in [-0.3, -0.25) is 9.59 Å². The van der Waals surface area contributed by atoms with Crippen LogP contribution < -0.4 is 15.2 Å². The Morgan fingerprint density at radius 3 is 2.50 bits per heavy atom. The van der Waals surface area contributed by atoms with Crippen LogP contribution in [0.1, 0.15) is 68.7 Å². The maximum absolute atomic E-state index is 12.9. The Labute approximate surface area is 242 Å². The van der Waals surface area contributed by atoms with Crippen molar-refractivity contribution in [3.05, 3.63) is 80.8 Å². The number of aryl methyl sites for hydroxylation is 1. The van der Waals surface area contributed by atoms with Crippen molar-refractivity contribution in [3.63, 3.8) is 0 Å². The van der Waals surface area contributed by atoms with E-state index < -0.39 is 8.60 Å². The third-order valence-corrected chi connectivity index (χ3v) is 7.94. The lowest BCUT2D eigenvalue weighted by Crippen LogP contribution is -2.28. The molecule has 2 N–H and O–H groups in total. The molecule has 2 amide bonds. The predicted molar refractivity (Wildman–Crippen MR) is 160 cm³/mol. The third kappa shape index (κ3) is 9.64. The molecule has 40 heavy (non-hydrogen) atoms. The Kier molecular flexibility index (Phi) is 12.5. The number of nitrogens with zero attached hydrogens (tertiary/aromatic N) is 2. The standard InChI is InChI=1S/C29H39N4O5PS/c1-20(2)25-13-22(14-26(16-25)38-39(36-5)37-6)17-30-11-8-12-31-28(34)23-9-7-10-24(15-23)29(35)33(4)18-27-32-21(3)19-40-27/h7,9-10,13-16,19-20,30H,8,11-12,17-18H2,1-6H3,(H,31,34). The van der Waals surface area contributed by atoms with E-state index in [0.29, 0.717) is 36.7 Å². The topological polar surface area (TPSA) is 102 Å². The van der Waals surface area contributed by atoms with Gasteiger partial charge in [0.05, 0.1) is 6.54 Å². The molecule has 9 nitrogen and oxygen atoms in total. The minimum Gasteiger partial charge on any atom is -0.427 e. The highest BCUT2D eigenvalue weighted by atomic mass is 32.1. The number of carbonyl (C=O) groups excluding carboxylic acids is 2. The predicted octanol–water partition coefficient (Wildman–Crippen LogP) is 5.66. The Morgan fingerprint density at radius 1 is 1.07 bits per heavy atom. The van der Waals surface area contributed by atoms with Gasteiger partial charge >= 0.3 is 8.60 Å². The number of nitrogens with one attached hydrogen (secondary N) is 2. The molecular formula is C29H39N4O5PS. The van der Waals surface area contributed by atoms with Crippen LogP contribution in [0.25, 0.3) is 0 Å². The molecule has 3 rings (SSSR count).